The third-order valence-electron chi connectivity index (χ3n) is 4.45. The zero-order valence-electron chi connectivity index (χ0n) is 12.8. The van der Waals surface area contributed by atoms with Crippen molar-refractivity contribution >= 4 is 5.82 Å². The number of hydrogen-bond donors (Lipinski definition) is 1. The van der Waals surface area contributed by atoms with Crippen molar-refractivity contribution in [1.29, 1.82) is 5.26 Å². The number of nitriles is 1. The fourth-order valence-electron chi connectivity index (χ4n) is 3.45. The number of aromatic nitrogens is 2. The lowest BCUT2D eigenvalue weighted by molar-refractivity contribution is 0.419. The van der Waals surface area contributed by atoms with Gasteiger partial charge >= 0.3 is 0 Å². The van der Waals surface area contributed by atoms with Crippen LogP contribution in [-0.2, 0) is 12.8 Å². The van der Waals surface area contributed by atoms with Crippen LogP contribution in [0.5, 0.6) is 0 Å². The fourth-order valence-corrected chi connectivity index (χ4v) is 3.45. The molecule has 0 bridgehead atoms. The maximum absolute atomic E-state index is 9.54. The van der Waals surface area contributed by atoms with Gasteiger partial charge in [0.05, 0.1) is 0 Å². The molecular weight excluding hydrogens is 272 g/mol. The molecule has 2 N–H and O–H groups in total. The molecule has 1 atom stereocenters. The van der Waals surface area contributed by atoms with Gasteiger partial charge in [-0.05, 0) is 36.8 Å². The molecular formula is C18H20N4. The van der Waals surface area contributed by atoms with Crippen molar-refractivity contribution in [2.75, 3.05) is 5.73 Å². The van der Waals surface area contributed by atoms with E-state index in [1.807, 2.05) is 12.1 Å². The van der Waals surface area contributed by atoms with Crippen LogP contribution < -0.4 is 5.73 Å². The number of nitrogens with two attached hydrogens (primary N) is 1. The molecule has 0 aromatic carbocycles. The minimum absolute atomic E-state index is 0.342. The molecule has 0 saturated heterocycles. The van der Waals surface area contributed by atoms with Crippen LogP contribution in [0.2, 0.25) is 0 Å². The van der Waals surface area contributed by atoms with Gasteiger partial charge in [0.2, 0.25) is 0 Å². The molecule has 3 rings (SSSR count). The highest BCUT2D eigenvalue weighted by molar-refractivity contribution is 5.78. The fraction of sp³-hybridized carbons (Fsp3) is 0.389. The monoisotopic (exact) mass is 292 g/mol. The molecule has 1 aliphatic carbocycles. The van der Waals surface area contributed by atoms with E-state index in [2.05, 4.69) is 23.0 Å². The number of rotatable bonds is 3. The largest absolute Gasteiger partial charge is 0.383 e. The van der Waals surface area contributed by atoms with Crippen LogP contribution in [0, 0.1) is 17.2 Å². The van der Waals surface area contributed by atoms with Gasteiger partial charge in [0, 0.05) is 29.2 Å². The summed E-state index contributed by atoms with van der Waals surface area (Å²) < 4.78 is 0. The van der Waals surface area contributed by atoms with Crippen molar-refractivity contribution in [2.45, 2.75) is 39.0 Å². The lowest BCUT2D eigenvalue weighted by Crippen LogP contribution is -2.18. The van der Waals surface area contributed by atoms with Gasteiger partial charge < -0.3 is 5.73 Å². The minimum atomic E-state index is 0.342. The molecule has 1 aliphatic rings. The Bertz CT molecular complexity index is 716. The van der Waals surface area contributed by atoms with E-state index in [9.17, 15) is 5.26 Å². The summed E-state index contributed by atoms with van der Waals surface area (Å²) in [5.74, 6) is 1.01. The predicted molar refractivity (Wildman–Crippen MR) is 87.0 cm³/mol. The van der Waals surface area contributed by atoms with Gasteiger partial charge in [0.15, 0.2) is 0 Å². The summed E-state index contributed by atoms with van der Waals surface area (Å²) >= 11 is 0. The van der Waals surface area contributed by atoms with Crippen LogP contribution in [0.4, 0.5) is 5.82 Å². The molecule has 2 aromatic rings. The number of anilines is 1. The van der Waals surface area contributed by atoms with Crippen molar-refractivity contribution in [3.63, 3.8) is 0 Å². The van der Waals surface area contributed by atoms with E-state index in [0.717, 1.165) is 36.1 Å². The Morgan fingerprint density at radius 1 is 1.45 bits per heavy atom. The second-order valence-electron chi connectivity index (χ2n) is 5.92. The summed E-state index contributed by atoms with van der Waals surface area (Å²) in [6.07, 6.45) is 9.05. The van der Waals surface area contributed by atoms with Crippen molar-refractivity contribution in [2.24, 2.45) is 5.92 Å². The summed E-state index contributed by atoms with van der Waals surface area (Å²) in [7, 11) is 0. The van der Waals surface area contributed by atoms with E-state index >= 15 is 0 Å². The first-order chi connectivity index (χ1) is 10.7. The first kappa shape index (κ1) is 14.5. The van der Waals surface area contributed by atoms with Crippen molar-refractivity contribution < 1.29 is 0 Å². The van der Waals surface area contributed by atoms with Crippen LogP contribution in [-0.4, -0.2) is 9.97 Å². The van der Waals surface area contributed by atoms with Crippen LogP contribution in [0.1, 0.15) is 43.0 Å². The predicted octanol–water partition coefficient (Wildman–Crippen LogP) is 3.50. The smallest absolute Gasteiger partial charge is 0.142 e. The zero-order chi connectivity index (χ0) is 15.5. The van der Waals surface area contributed by atoms with E-state index < -0.39 is 0 Å². The van der Waals surface area contributed by atoms with E-state index in [4.69, 9.17) is 5.73 Å². The Hall–Kier alpha value is -2.41. The van der Waals surface area contributed by atoms with Gasteiger partial charge in [-0.3, -0.25) is 4.98 Å². The summed E-state index contributed by atoms with van der Waals surface area (Å²) in [6.45, 7) is 2.22. The second kappa shape index (κ2) is 6.15. The Morgan fingerprint density at radius 3 is 3.00 bits per heavy atom. The lowest BCUT2D eigenvalue weighted by atomic mass is 9.80. The average Bonchev–Trinajstić information content (AvgIpc) is 2.55. The van der Waals surface area contributed by atoms with Crippen molar-refractivity contribution in [3.05, 3.63) is 41.3 Å². The topological polar surface area (TPSA) is 75.6 Å². The molecule has 22 heavy (non-hydrogen) atoms. The van der Waals surface area contributed by atoms with E-state index in [1.54, 1.807) is 12.4 Å². The molecule has 4 heteroatoms. The molecule has 112 valence electrons. The summed E-state index contributed by atoms with van der Waals surface area (Å²) in [4.78, 5) is 8.70. The van der Waals surface area contributed by atoms with Gasteiger partial charge in [-0.2, -0.15) is 5.26 Å². The second-order valence-corrected chi connectivity index (χ2v) is 5.92. The molecule has 0 fully saturated rings. The van der Waals surface area contributed by atoms with Gasteiger partial charge in [0.25, 0.3) is 0 Å². The molecule has 0 spiro atoms. The van der Waals surface area contributed by atoms with Crippen LogP contribution >= 0.6 is 0 Å². The number of hydrogen-bond acceptors (Lipinski definition) is 4. The number of fused-ring (bicyclic) bond motifs is 1. The maximum atomic E-state index is 9.54. The van der Waals surface area contributed by atoms with Gasteiger partial charge in [-0.1, -0.05) is 25.8 Å². The highest BCUT2D eigenvalue weighted by Gasteiger charge is 2.26. The molecule has 1 unspecified atom stereocenters. The highest BCUT2D eigenvalue weighted by Crippen LogP contribution is 2.37. The number of nitrogen functional groups attached to an aromatic ring is 1. The van der Waals surface area contributed by atoms with Crippen LogP contribution in [0.25, 0.3) is 11.1 Å². The van der Waals surface area contributed by atoms with E-state index in [0.29, 0.717) is 17.3 Å². The summed E-state index contributed by atoms with van der Waals surface area (Å²) in [5, 5.41) is 9.54. The van der Waals surface area contributed by atoms with Crippen LogP contribution in [0.3, 0.4) is 0 Å². The van der Waals surface area contributed by atoms with E-state index in [-0.39, 0.29) is 0 Å². The Labute approximate surface area is 131 Å². The lowest BCUT2D eigenvalue weighted by Gasteiger charge is -2.27. The molecule has 2 aromatic heterocycles. The molecule has 4 nitrogen and oxygen atoms in total. The molecule has 2 heterocycles. The van der Waals surface area contributed by atoms with Gasteiger partial charge in [-0.15, -0.1) is 0 Å². The minimum Gasteiger partial charge on any atom is -0.383 e. The van der Waals surface area contributed by atoms with Gasteiger partial charge in [0.1, 0.15) is 17.5 Å². The van der Waals surface area contributed by atoms with Crippen molar-refractivity contribution in [3.8, 4) is 17.2 Å². The average molecular weight is 292 g/mol. The normalized spacial score (nSPS) is 16.8. The first-order valence-corrected chi connectivity index (χ1v) is 7.86. The number of nitrogens with zero attached hydrogens (tertiary/aromatic N) is 3. The highest BCUT2D eigenvalue weighted by atomic mass is 14.9. The Morgan fingerprint density at radius 2 is 2.32 bits per heavy atom. The SMILES string of the molecule is CCCC1CCc2nc(N)c(C#N)c(-c3cccnc3)c2C1. The standard InChI is InChI=1S/C18H20N4/c1-2-4-12-6-7-16-14(9-12)17(13-5-3-8-21-11-13)15(10-19)18(20)22-16/h3,5,8,11-12H,2,4,6-7,9H2,1H3,(H2,20,22). The molecule has 0 aliphatic heterocycles. The van der Waals surface area contributed by atoms with Gasteiger partial charge in [-0.25, -0.2) is 4.98 Å². The maximum Gasteiger partial charge on any atom is 0.142 e. The molecule has 0 saturated carbocycles. The Balaban J connectivity index is 2.18. The zero-order valence-corrected chi connectivity index (χ0v) is 12.8. The Kier molecular flexibility index (Phi) is 4.06. The summed E-state index contributed by atoms with van der Waals surface area (Å²) in [6, 6.07) is 6.13. The van der Waals surface area contributed by atoms with Crippen LogP contribution in [0.15, 0.2) is 24.5 Å². The quantitative estimate of drug-likeness (QED) is 0.939. The molecule has 0 radical (unpaired) electrons. The third kappa shape index (κ3) is 2.55. The van der Waals surface area contributed by atoms with Crippen molar-refractivity contribution in [1.82, 2.24) is 9.97 Å². The third-order valence-corrected chi connectivity index (χ3v) is 4.45. The number of aryl methyl sites for hydroxylation is 1. The summed E-state index contributed by atoms with van der Waals surface area (Å²) in [5.41, 5.74) is 10.7. The number of pyridine rings is 2. The first-order valence-electron chi connectivity index (χ1n) is 7.86. The molecule has 0 amide bonds. The van der Waals surface area contributed by atoms with E-state index in [1.165, 1.54) is 18.4 Å².